The average molecular weight is 447 g/mol. The van der Waals surface area contributed by atoms with Crippen molar-refractivity contribution in [3.63, 3.8) is 0 Å². The van der Waals surface area contributed by atoms with E-state index in [0.717, 1.165) is 0 Å². The molecule has 29 heavy (non-hydrogen) atoms. The summed E-state index contributed by atoms with van der Waals surface area (Å²) >= 11 is 8.20. The van der Waals surface area contributed by atoms with Gasteiger partial charge in [0.15, 0.2) is 10.1 Å². The predicted octanol–water partition coefficient (Wildman–Crippen LogP) is 4.38. The minimum atomic E-state index is -0.318. The van der Waals surface area contributed by atoms with E-state index >= 15 is 0 Å². The molecule has 0 atom stereocenters. The van der Waals surface area contributed by atoms with Crippen molar-refractivity contribution in [3.8, 4) is 0 Å². The monoisotopic (exact) mass is 446 g/mol. The fourth-order valence-electron chi connectivity index (χ4n) is 2.20. The Balaban J connectivity index is 1.49. The van der Waals surface area contributed by atoms with Gasteiger partial charge in [-0.1, -0.05) is 34.7 Å². The molecule has 0 radical (unpaired) electrons. The fourth-order valence-corrected chi connectivity index (χ4v) is 3.87. The quantitative estimate of drug-likeness (QED) is 0.317. The van der Waals surface area contributed by atoms with E-state index in [1.54, 1.807) is 48.5 Å². The van der Waals surface area contributed by atoms with Crippen molar-refractivity contribution in [2.45, 2.75) is 11.3 Å². The highest BCUT2D eigenvalue weighted by Gasteiger charge is 2.12. The van der Waals surface area contributed by atoms with Gasteiger partial charge in [-0.3, -0.25) is 19.7 Å². The summed E-state index contributed by atoms with van der Waals surface area (Å²) in [6.45, 7) is 1.48. The van der Waals surface area contributed by atoms with Crippen LogP contribution in [0.15, 0.2) is 52.9 Å². The van der Waals surface area contributed by atoms with Crippen LogP contribution in [0.4, 0.5) is 10.8 Å². The molecule has 1 heterocycles. The molecule has 0 fully saturated rings. The average Bonchev–Trinajstić information content (AvgIpc) is 3.14. The third kappa shape index (κ3) is 6.11. The SMILES string of the molecule is CC(=O)c1ccc(NC(=O)CSc2nnc(NC(=O)c3ccc(Cl)cc3)s2)cc1. The van der Waals surface area contributed by atoms with Gasteiger partial charge in [0.1, 0.15) is 0 Å². The number of ketones is 1. The van der Waals surface area contributed by atoms with Gasteiger partial charge in [0.05, 0.1) is 5.75 Å². The molecular formula is C19H15ClN4O3S2. The van der Waals surface area contributed by atoms with Crippen LogP contribution in [0.25, 0.3) is 0 Å². The number of nitrogens with one attached hydrogen (secondary N) is 2. The van der Waals surface area contributed by atoms with Crippen molar-refractivity contribution >= 4 is 63.1 Å². The molecule has 1 aromatic heterocycles. The van der Waals surface area contributed by atoms with Crippen LogP contribution in [-0.4, -0.2) is 33.5 Å². The summed E-state index contributed by atoms with van der Waals surface area (Å²) in [5, 5.41) is 14.2. The maximum absolute atomic E-state index is 12.2. The van der Waals surface area contributed by atoms with Crippen molar-refractivity contribution in [1.82, 2.24) is 10.2 Å². The number of thioether (sulfide) groups is 1. The maximum Gasteiger partial charge on any atom is 0.257 e. The van der Waals surface area contributed by atoms with Gasteiger partial charge in [-0.05, 0) is 55.5 Å². The van der Waals surface area contributed by atoms with E-state index in [1.807, 2.05) is 0 Å². The van der Waals surface area contributed by atoms with Crippen molar-refractivity contribution in [1.29, 1.82) is 0 Å². The van der Waals surface area contributed by atoms with Gasteiger partial charge in [-0.25, -0.2) is 0 Å². The zero-order chi connectivity index (χ0) is 20.8. The Bertz CT molecular complexity index is 1040. The number of hydrogen-bond acceptors (Lipinski definition) is 7. The number of nitrogens with zero attached hydrogens (tertiary/aromatic N) is 2. The van der Waals surface area contributed by atoms with E-state index in [2.05, 4.69) is 20.8 Å². The van der Waals surface area contributed by atoms with Crippen LogP contribution < -0.4 is 10.6 Å². The normalized spacial score (nSPS) is 10.4. The molecule has 2 aromatic carbocycles. The predicted molar refractivity (Wildman–Crippen MR) is 115 cm³/mol. The number of Topliss-reactive ketones (excluding diaryl/α,β-unsaturated/α-hetero) is 1. The van der Waals surface area contributed by atoms with Gasteiger partial charge in [-0.2, -0.15) is 0 Å². The second-order valence-electron chi connectivity index (χ2n) is 5.80. The summed E-state index contributed by atoms with van der Waals surface area (Å²) in [6.07, 6.45) is 0. The summed E-state index contributed by atoms with van der Waals surface area (Å²) in [5.74, 6) is -0.434. The summed E-state index contributed by atoms with van der Waals surface area (Å²) in [7, 11) is 0. The van der Waals surface area contributed by atoms with Crippen LogP contribution in [0.5, 0.6) is 0 Å². The molecule has 0 bridgehead atoms. The molecule has 0 aliphatic carbocycles. The van der Waals surface area contributed by atoms with Crippen LogP contribution >= 0.6 is 34.7 Å². The first-order valence-electron chi connectivity index (χ1n) is 8.35. The van der Waals surface area contributed by atoms with Crippen LogP contribution in [0.3, 0.4) is 0 Å². The molecule has 10 heteroatoms. The van der Waals surface area contributed by atoms with Crippen LogP contribution in [-0.2, 0) is 4.79 Å². The Morgan fingerprint density at radius 1 is 0.966 bits per heavy atom. The van der Waals surface area contributed by atoms with Crippen molar-refractivity contribution in [3.05, 3.63) is 64.7 Å². The van der Waals surface area contributed by atoms with Gasteiger partial charge in [0, 0.05) is 21.8 Å². The van der Waals surface area contributed by atoms with Gasteiger partial charge in [-0.15, -0.1) is 10.2 Å². The zero-order valence-electron chi connectivity index (χ0n) is 15.1. The van der Waals surface area contributed by atoms with E-state index in [-0.39, 0.29) is 23.4 Å². The molecule has 3 rings (SSSR count). The molecule has 0 saturated heterocycles. The van der Waals surface area contributed by atoms with Crippen molar-refractivity contribution in [2.75, 3.05) is 16.4 Å². The third-order valence-electron chi connectivity index (χ3n) is 3.64. The maximum atomic E-state index is 12.2. The summed E-state index contributed by atoms with van der Waals surface area (Å²) in [6, 6.07) is 13.2. The fraction of sp³-hybridized carbons (Fsp3) is 0.105. The van der Waals surface area contributed by atoms with E-state index in [9.17, 15) is 14.4 Å². The number of anilines is 2. The lowest BCUT2D eigenvalue weighted by atomic mass is 10.1. The number of amides is 2. The second kappa shape index (κ2) is 9.64. The lowest BCUT2D eigenvalue weighted by Crippen LogP contribution is -2.14. The largest absolute Gasteiger partial charge is 0.325 e. The van der Waals surface area contributed by atoms with E-state index < -0.39 is 0 Å². The minimum absolute atomic E-state index is 0.0336. The highest BCUT2D eigenvalue weighted by molar-refractivity contribution is 8.01. The molecular weight excluding hydrogens is 432 g/mol. The summed E-state index contributed by atoms with van der Waals surface area (Å²) in [5.41, 5.74) is 1.64. The molecule has 2 amide bonds. The molecule has 0 aliphatic rings. The first-order valence-corrected chi connectivity index (χ1v) is 10.5. The van der Waals surface area contributed by atoms with Gasteiger partial charge in [0.2, 0.25) is 11.0 Å². The third-order valence-corrected chi connectivity index (χ3v) is 5.86. The Labute approximate surface area is 179 Å². The van der Waals surface area contributed by atoms with Gasteiger partial charge in [0.25, 0.3) is 5.91 Å². The minimum Gasteiger partial charge on any atom is -0.325 e. The van der Waals surface area contributed by atoms with E-state index in [0.29, 0.717) is 31.3 Å². The number of carbonyl (C=O) groups is 3. The number of rotatable bonds is 7. The molecule has 7 nitrogen and oxygen atoms in total. The smallest absolute Gasteiger partial charge is 0.257 e. The molecule has 3 aromatic rings. The van der Waals surface area contributed by atoms with Crippen molar-refractivity contribution < 1.29 is 14.4 Å². The van der Waals surface area contributed by atoms with E-state index in [4.69, 9.17) is 11.6 Å². The Morgan fingerprint density at radius 3 is 2.28 bits per heavy atom. The number of benzene rings is 2. The van der Waals surface area contributed by atoms with Gasteiger partial charge < -0.3 is 5.32 Å². The van der Waals surface area contributed by atoms with Crippen LogP contribution in [0.1, 0.15) is 27.6 Å². The molecule has 0 unspecified atom stereocenters. The zero-order valence-corrected chi connectivity index (χ0v) is 17.5. The molecule has 0 spiro atoms. The first kappa shape index (κ1) is 21.0. The topological polar surface area (TPSA) is 101 Å². The van der Waals surface area contributed by atoms with Crippen LogP contribution in [0, 0.1) is 0 Å². The first-order chi connectivity index (χ1) is 13.9. The highest BCUT2D eigenvalue weighted by atomic mass is 35.5. The molecule has 0 saturated carbocycles. The lowest BCUT2D eigenvalue weighted by molar-refractivity contribution is -0.113. The summed E-state index contributed by atoms with van der Waals surface area (Å²) < 4.78 is 0.554. The van der Waals surface area contributed by atoms with Crippen molar-refractivity contribution in [2.24, 2.45) is 0 Å². The standard InChI is InChI=1S/C19H15ClN4O3S2/c1-11(25)12-4-8-15(9-5-12)21-16(26)10-28-19-24-23-18(29-19)22-17(27)13-2-6-14(20)7-3-13/h2-9H,10H2,1H3,(H,21,26)(H,22,23,27). The molecule has 2 N–H and O–H groups in total. The Hall–Kier alpha value is -2.75. The Kier molecular flexibility index (Phi) is 6.97. The number of aromatic nitrogens is 2. The lowest BCUT2D eigenvalue weighted by Gasteiger charge is -2.04. The van der Waals surface area contributed by atoms with Gasteiger partial charge >= 0.3 is 0 Å². The van der Waals surface area contributed by atoms with E-state index in [1.165, 1.54) is 30.0 Å². The number of carbonyl (C=O) groups excluding carboxylic acids is 3. The molecule has 0 aliphatic heterocycles. The molecule has 148 valence electrons. The number of hydrogen-bond donors (Lipinski definition) is 2. The highest BCUT2D eigenvalue weighted by Crippen LogP contribution is 2.26. The second-order valence-corrected chi connectivity index (χ2v) is 8.44. The Morgan fingerprint density at radius 2 is 1.62 bits per heavy atom. The summed E-state index contributed by atoms with van der Waals surface area (Å²) in [4.78, 5) is 35.5. The number of halogens is 1. The van der Waals surface area contributed by atoms with Crippen LogP contribution in [0.2, 0.25) is 5.02 Å².